The lowest BCUT2D eigenvalue weighted by Crippen LogP contribution is -1.92. The zero-order chi connectivity index (χ0) is 12.5. The van der Waals surface area contributed by atoms with Gasteiger partial charge in [0.25, 0.3) is 0 Å². The molecule has 0 unspecified atom stereocenters. The average Bonchev–Trinajstić information content (AvgIpc) is 2.39. The summed E-state index contributed by atoms with van der Waals surface area (Å²) in [7, 11) is 0. The van der Waals surface area contributed by atoms with E-state index in [1.807, 2.05) is 31.2 Å². The maximum atomic E-state index is 5.58. The second-order valence-electron chi connectivity index (χ2n) is 4.20. The predicted octanol–water partition coefficient (Wildman–Crippen LogP) is 2.58. The van der Waals surface area contributed by atoms with Gasteiger partial charge in [-0.25, -0.2) is 9.97 Å². The van der Waals surface area contributed by atoms with E-state index >= 15 is 0 Å². The molecule has 0 amide bonds. The van der Waals surface area contributed by atoms with Crippen LogP contribution in [0, 0.1) is 6.92 Å². The van der Waals surface area contributed by atoms with E-state index in [1.54, 1.807) is 12.4 Å². The topological polar surface area (TPSA) is 64.7 Å². The molecule has 3 aromatic rings. The van der Waals surface area contributed by atoms with Gasteiger partial charge in [0.15, 0.2) is 5.82 Å². The summed E-state index contributed by atoms with van der Waals surface area (Å²) in [6, 6.07) is 10.0. The molecular formula is C14H12N4. The number of benzene rings is 1. The summed E-state index contributed by atoms with van der Waals surface area (Å²) in [6.45, 7) is 1.98. The second kappa shape index (κ2) is 4.07. The highest BCUT2D eigenvalue weighted by atomic mass is 14.9. The summed E-state index contributed by atoms with van der Waals surface area (Å²) in [5.74, 6) is 0.673. The smallest absolute Gasteiger partial charge is 0.159 e. The highest BCUT2D eigenvalue weighted by molar-refractivity contribution is 5.83. The Balaban J connectivity index is 2.13. The third-order valence-electron chi connectivity index (χ3n) is 2.76. The van der Waals surface area contributed by atoms with Gasteiger partial charge in [-0.1, -0.05) is 6.07 Å². The Morgan fingerprint density at radius 1 is 1.00 bits per heavy atom. The van der Waals surface area contributed by atoms with E-state index in [9.17, 15) is 0 Å². The van der Waals surface area contributed by atoms with E-state index in [4.69, 9.17) is 5.73 Å². The summed E-state index contributed by atoms with van der Waals surface area (Å²) >= 11 is 0. The third kappa shape index (κ3) is 1.88. The van der Waals surface area contributed by atoms with Crippen molar-refractivity contribution in [3.05, 3.63) is 48.4 Å². The van der Waals surface area contributed by atoms with Crippen LogP contribution in [-0.2, 0) is 0 Å². The lowest BCUT2D eigenvalue weighted by atomic mass is 10.1. The molecule has 0 bridgehead atoms. The van der Waals surface area contributed by atoms with E-state index in [0.717, 1.165) is 22.2 Å². The largest absolute Gasteiger partial charge is 0.396 e. The van der Waals surface area contributed by atoms with Crippen LogP contribution < -0.4 is 5.73 Å². The van der Waals surface area contributed by atoms with Crippen molar-refractivity contribution in [3.63, 3.8) is 0 Å². The number of nitrogens with two attached hydrogens (primary N) is 1. The zero-order valence-corrected chi connectivity index (χ0v) is 9.96. The molecule has 0 aliphatic rings. The van der Waals surface area contributed by atoms with Gasteiger partial charge in [-0.15, -0.1) is 0 Å². The molecule has 0 atom stereocenters. The van der Waals surface area contributed by atoms with Gasteiger partial charge in [0.05, 0.1) is 23.6 Å². The van der Waals surface area contributed by atoms with Crippen LogP contribution >= 0.6 is 0 Å². The highest BCUT2D eigenvalue weighted by Crippen LogP contribution is 2.21. The SMILES string of the molecule is Cc1ccc2cc(-c3ncc(N)cn3)ccc2n1. The molecule has 0 saturated carbocycles. The van der Waals surface area contributed by atoms with Crippen molar-refractivity contribution in [2.75, 3.05) is 5.73 Å². The molecule has 2 aromatic heterocycles. The summed E-state index contributed by atoms with van der Waals surface area (Å²) in [4.78, 5) is 12.9. The zero-order valence-electron chi connectivity index (χ0n) is 9.96. The number of nitrogens with zero attached hydrogens (tertiary/aromatic N) is 3. The number of rotatable bonds is 1. The van der Waals surface area contributed by atoms with E-state index in [1.165, 1.54) is 0 Å². The number of fused-ring (bicyclic) bond motifs is 1. The lowest BCUT2D eigenvalue weighted by Gasteiger charge is -2.03. The molecule has 2 heterocycles. The second-order valence-corrected chi connectivity index (χ2v) is 4.20. The van der Waals surface area contributed by atoms with Gasteiger partial charge in [0.2, 0.25) is 0 Å². The van der Waals surface area contributed by atoms with Crippen LogP contribution in [0.15, 0.2) is 42.7 Å². The van der Waals surface area contributed by atoms with Crippen molar-refractivity contribution in [3.8, 4) is 11.4 Å². The molecule has 2 N–H and O–H groups in total. The number of aromatic nitrogens is 3. The number of nitrogen functional groups attached to an aromatic ring is 1. The van der Waals surface area contributed by atoms with Crippen molar-refractivity contribution < 1.29 is 0 Å². The van der Waals surface area contributed by atoms with Crippen molar-refractivity contribution in [2.24, 2.45) is 0 Å². The van der Waals surface area contributed by atoms with Crippen LogP contribution in [0.4, 0.5) is 5.69 Å². The first-order chi connectivity index (χ1) is 8.72. The molecule has 88 valence electrons. The molecule has 18 heavy (non-hydrogen) atoms. The first kappa shape index (κ1) is 10.7. The number of pyridine rings is 1. The molecule has 4 heteroatoms. The van der Waals surface area contributed by atoms with Gasteiger partial charge >= 0.3 is 0 Å². The molecule has 0 radical (unpaired) electrons. The van der Waals surface area contributed by atoms with Crippen LogP contribution in [0.5, 0.6) is 0 Å². The van der Waals surface area contributed by atoms with Crippen molar-refractivity contribution in [2.45, 2.75) is 6.92 Å². The molecule has 0 spiro atoms. The van der Waals surface area contributed by atoms with Crippen LogP contribution in [0.2, 0.25) is 0 Å². The van der Waals surface area contributed by atoms with Crippen LogP contribution in [-0.4, -0.2) is 15.0 Å². The minimum absolute atomic E-state index is 0.567. The minimum atomic E-state index is 0.567. The first-order valence-corrected chi connectivity index (χ1v) is 5.68. The number of aryl methyl sites for hydroxylation is 1. The third-order valence-corrected chi connectivity index (χ3v) is 2.76. The van der Waals surface area contributed by atoms with E-state index in [2.05, 4.69) is 21.0 Å². The molecule has 0 aliphatic heterocycles. The number of hydrogen-bond acceptors (Lipinski definition) is 4. The standard InChI is InChI=1S/C14H12N4/c1-9-2-3-10-6-11(4-5-13(10)18-9)14-16-7-12(15)8-17-14/h2-8H,15H2,1H3. The maximum Gasteiger partial charge on any atom is 0.159 e. The molecule has 4 nitrogen and oxygen atoms in total. The lowest BCUT2D eigenvalue weighted by molar-refractivity contribution is 1.18. The summed E-state index contributed by atoms with van der Waals surface area (Å²) in [6.07, 6.45) is 3.22. The fourth-order valence-corrected chi connectivity index (χ4v) is 1.85. The Kier molecular flexibility index (Phi) is 2.41. The summed E-state index contributed by atoms with van der Waals surface area (Å²) < 4.78 is 0. The number of hydrogen-bond donors (Lipinski definition) is 1. The Hall–Kier alpha value is -2.49. The quantitative estimate of drug-likeness (QED) is 0.705. The first-order valence-electron chi connectivity index (χ1n) is 5.68. The summed E-state index contributed by atoms with van der Waals surface area (Å²) in [5.41, 5.74) is 9.10. The van der Waals surface area contributed by atoms with Crippen LogP contribution in [0.3, 0.4) is 0 Å². The molecular weight excluding hydrogens is 224 g/mol. The van der Waals surface area contributed by atoms with Crippen LogP contribution in [0.25, 0.3) is 22.3 Å². The van der Waals surface area contributed by atoms with Gasteiger partial charge in [0.1, 0.15) is 0 Å². The van der Waals surface area contributed by atoms with Gasteiger partial charge < -0.3 is 5.73 Å². The van der Waals surface area contributed by atoms with Crippen molar-refractivity contribution in [1.82, 2.24) is 15.0 Å². The monoisotopic (exact) mass is 236 g/mol. The Morgan fingerprint density at radius 2 is 1.78 bits per heavy atom. The summed E-state index contributed by atoms with van der Waals surface area (Å²) in [5, 5.41) is 1.08. The van der Waals surface area contributed by atoms with Crippen LogP contribution in [0.1, 0.15) is 5.69 Å². The van der Waals surface area contributed by atoms with Gasteiger partial charge in [-0.3, -0.25) is 4.98 Å². The fraction of sp³-hybridized carbons (Fsp3) is 0.0714. The fourth-order valence-electron chi connectivity index (χ4n) is 1.85. The Bertz CT molecular complexity index is 705. The number of anilines is 1. The van der Waals surface area contributed by atoms with E-state index in [-0.39, 0.29) is 0 Å². The van der Waals surface area contributed by atoms with Gasteiger partial charge in [-0.05, 0) is 31.2 Å². The molecule has 3 rings (SSSR count). The van der Waals surface area contributed by atoms with Crippen molar-refractivity contribution >= 4 is 16.6 Å². The van der Waals surface area contributed by atoms with Gasteiger partial charge in [0, 0.05) is 16.6 Å². The van der Waals surface area contributed by atoms with E-state index in [0.29, 0.717) is 11.5 Å². The Labute approximate surface area is 105 Å². The molecule has 0 aliphatic carbocycles. The minimum Gasteiger partial charge on any atom is -0.396 e. The highest BCUT2D eigenvalue weighted by Gasteiger charge is 2.03. The normalized spacial score (nSPS) is 10.7. The van der Waals surface area contributed by atoms with E-state index < -0.39 is 0 Å². The Morgan fingerprint density at radius 3 is 2.56 bits per heavy atom. The molecule has 1 aromatic carbocycles. The molecule has 0 saturated heterocycles. The predicted molar refractivity (Wildman–Crippen MR) is 71.9 cm³/mol. The maximum absolute atomic E-state index is 5.58. The molecule has 0 fully saturated rings. The average molecular weight is 236 g/mol. The van der Waals surface area contributed by atoms with Gasteiger partial charge in [-0.2, -0.15) is 0 Å². The van der Waals surface area contributed by atoms with Crippen molar-refractivity contribution in [1.29, 1.82) is 0 Å².